The van der Waals surface area contributed by atoms with E-state index in [0.717, 1.165) is 5.56 Å². The van der Waals surface area contributed by atoms with Gasteiger partial charge in [0.2, 0.25) is 5.91 Å². The second-order valence-electron chi connectivity index (χ2n) is 3.05. The van der Waals surface area contributed by atoms with Gasteiger partial charge in [0, 0.05) is 6.20 Å². The molecule has 0 aliphatic carbocycles. The van der Waals surface area contributed by atoms with Crippen molar-refractivity contribution in [1.29, 1.82) is 0 Å². The number of pyridine rings is 1. The molecule has 0 radical (unpaired) electrons. The number of aliphatic hydroxyl groups is 2. The predicted molar refractivity (Wildman–Crippen MR) is 49.1 cm³/mol. The summed E-state index contributed by atoms with van der Waals surface area (Å²) in [6.45, 7) is 1.81. The van der Waals surface area contributed by atoms with Crippen molar-refractivity contribution < 1.29 is 15.0 Å². The first-order valence-electron chi connectivity index (χ1n) is 4.10. The summed E-state index contributed by atoms with van der Waals surface area (Å²) in [6, 6.07) is 3.32. The Bertz CT molecular complexity index is 341. The first-order valence-corrected chi connectivity index (χ1v) is 4.10. The van der Waals surface area contributed by atoms with Crippen LogP contribution in [0.25, 0.3) is 0 Å². The van der Waals surface area contributed by atoms with Gasteiger partial charge in [-0.3, -0.25) is 9.78 Å². The van der Waals surface area contributed by atoms with Crippen LogP contribution < -0.4 is 5.73 Å². The fourth-order valence-electron chi connectivity index (χ4n) is 1.04. The Balaban J connectivity index is 2.89. The average Bonchev–Trinajstić information content (AvgIpc) is 2.15. The standard InChI is InChI=1S/C9H12N2O3/c1-5-2-3-11-6(4-5)7(12)8(13)9(10)14/h2-4,7-8,12-13H,1H3,(H2,10,14). The van der Waals surface area contributed by atoms with E-state index in [2.05, 4.69) is 4.98 Å². The van der Waals surface area contributed by atoms with E-state index in [1.54, 1.807) is 12.1 Å². The van der Waals surface area contributed by atoms with Crippen LogP contribution in [-0.4, -0.2) is 27.2 Å². The second-order valence-corrected chi connectivity index (χ2v) is 3.05. The molecule has 0 spiro atoms. The van der Waals surface area contributed by atoms with Gasteiger partial charge in [-0.2, -0.15) is 0 Å². The van der Waals surface area contributed by atoms with Crippen LogP contribution in [-0.2, 0) is 4.79 Å². The highest BCUT2D eigenvalue weighted by Crippen LogP contribution is 2.14. The molecule has 5 nitrogen and oxygen atoms in total. The molecule has 0 aliphatic rings. The smallest absolute Gasteiger partial charge is 0.249 e. The maximum atomic E-state index is 10.6. The minimum Gasteiger partial charge on any atom is -0.384 e. The van der Waals surface area contributed by atoms with Crippen molar-refractivity contribution in [1.82, 2.24) is 4.98 Å². The zero-order valence-corrected chi connectivity index (χ0v) is 7.71. The normalized spacial score (nSPS) is 14.8. The van der Waals surface area contributed by atoms with Gasteiger partial charge in [0.1, 0.15) is 6.10 Å². The van der Waals surface area contributed by atoms with Gasteiger partial charge in [-0.05, 0) is 24.6 Å². The van der Waals surface area contributed by atoms with Crippen molar-refractivity contribution >= 4 is 5.91 Å². The highest BCUT2D eigenvalue weighted by atomic mass is 16.3. The summed E-state index contributed by atoms with van der Waals surface area (Å²) >= 11 is 0. The largest absolute Gasteiger partial charge is 0.384 e. The van der Waals surface area contributed by atoms with Gasteiger partial charge >= 0.3 is 0 Å². The van der Waals surface area contributed by atoms with Gasteiger partial charge in [-0.15, -0.1) is 0 Å². The van der Waals surface area contributed by atoms with E-state index in [1.807, 2.05) is 6.92 Å². The molecule has 0 aliphatic heterocycles. The Hall–Kier alpha value is -1.46. The summed E-state index contributed by atoms with van der Waals surface area (Å²) in [5.41, 5.74) is 5.95. The van der Waals surface area contributed by atoms with Crippen LogP contribution in [0.5, 0.6) is 0 Å². The highest BCUT2D eigenvalue weighted by molar-refractivity contribution is 5.79. The van der Waals surface area contributed by atoms with Gasteiger partial charge in [-0.1, -0.05) is 0 Å². The number of carbonyl (C=O) groups excluding carboxylic acids is 1. The summed E-state index contributed by atoms with van der Waals surface area (Å²) in [5, 5.41) is 18.6. The van der Waals surface area contributed by atoms with Crippen molar-refractivity contribution in [2.24, 2.45) is 5.73 Å². The molecule has 5 heteroatoms. The molecular formula is C9H12N2O3. The third-order valence-electron chi connectivity index (χ3n) is 1.83. The molecule has 1 heterocycles. The van der Waals surface area contributed by atoms with Gasteiger partial charge in [0.25, 0.3) is 0 Å². The van der Waals surface area contributed by atoms with Crippen molar-refractivity contribution in [3.8, 4) is 0 Å². The number of carbonyl (C=O) groups is 1. The Labute approximate surface area is 81.2 Å². The van der Waals surface area contributed by atoms with Gasteiger partial charge in [0.05, 0.1) is 5.69 Å². The number of primary amides is 1. The van der Waals surface area contributed by atoms with Crippen LogP contribution in [0.3, 0.4) is 0 Å². The molecule has 0 aromatic carbocycles. The van der Waals surface area contributed by atoms with Crippen molar-refractivity contribution in [2.75, 3.05) is 0 Å². The maximum absolute atomic E-state index is 10.6. The summed E-state index contributed by atoms with van der Waals surface area (Å²) in [5.74, 6) is -0.971. The molecule has 0 fully saturated rings. The lowest BCUT2D eigenvalue weighted by molar-refractivity contribution is -0.132. The highest BCUT2D eigenvalue weighted by Gasteiger charge is 2.24. The fraction of sp³-hybridized carbons (Fsp3) is 0.333. The van der Waals surface area contributed by atoms with Crippen LogP contribution in [0.4, 0.5) is 0 Å². The molecule has 0 saturated heterocycles. The maximum Gasteiger partial charge on any atom is 0.249 e. The minimum atomic E-state index is -1.62. The number of rotatable bonds is 3. The Morgan fingerprint density at radius 3 is 2.71 bits per heavy atom. The van der Waals surface area contributed by atoms with Crippen molar-refractivity contribution in [3.63, 3.8) is 0 Å². The van der Waals surface area contributed by atoms with E-state index in [1.165, 1.54) is 6.20 Å². The lowest BCUT2D eigenvalue weighted by Gasteiger charge is -2.14. The molecule has 0 saturated carbocycles. The zero-order chi connectivity index (χ0) is 10.7. The van der Waals surface area contributed by atoms with Crippen LogP contribution in [0.15, 0.2) is 18.3 Å². The number of hydrogen-bond donors (Lipinski definition) is 3. The van der Waals surface area contributed by atoms with E-state index in [-0.39, 0.29) is 5.69 Å². The number of hydrogen-bond acceptors (Lipinski definition) is 4. The molecule has 4 N–H and O–H groups in total. The van der Waals surface area contributed by atoms with Crippen LogP contribution in [0.1, 0.15) is 17.4 Å². The predicted octanol–water partition coefficient (Wildman–Crippen LogP) is -0.730. The van der Waals surface area contributed by atoms with Crippen LogP contribution in [0.2, 0.25) is 0 Å². The monoisotopic (exact) mass is 196 g/mol. The topological polar surface area (TPSA) is 96.4 Å². The summed E-state index contributed by atoms with van der Waals surface area (Å²) in [4.78, 5) is 14.4. The summed E-state index contributed by atoms with van der Waals surface area (Å²) in [6.07, 6.45) is -1.50. The zero-order valence-electron chi connectivity index (χ0n) is 7.71. The number of aliphatic hydroxyl groups excluding tert-OH is 2. The lowest BCUT2D eigenvalue weighted by Crippen LogP contribution is -2.34. The number of nitrogens with two attached hydrogens (primary N) is 1. The summed E-state index contributed by atoms with van der Waals surface area (Å²) in [7, 11) is 0. The van der Waals surface area contributed by atoms with Crippen LogP contribution in [0, 0.1) is 6.92 Å². The van der Waals surface area contributed by atoms with Gasteiger partial charge < -0.3 is 15.9 Å². The number of aromatic nitrogens is 1. The fourth-order valence-corrected chi connectivity index (χ4v) is 1.04. The molecule has 2 unspecified atom stereocenters. The molecule has 0 bridgehead atoms. The molecule has 1 rings (SSSR count). The molecule has 1 amide bonds. The molecule has 14 heavy (non-hydrogen) atoms. The number of aryl methyl sites for hydroxylation is 1. The Morgan fingerprint density at radius 2 is 2.21 bits per heavy atom. The Morgan fingerprint density at radius 1 is 1.57 bits per heavy atom. The molecule has 1 aromatic heterocycles. The third-order valence-corrected chi connectivity index (χ3v) is 1.83. The average molecular weight is 196 g/mol. The molecule has 76 valence electrons. The van der Waals surface area contributed by atoms with E-state index in [9.17, 15) is 15.0 Å². The SMILES string of the molecule is Cc1ccnc(C(O)C(O)C(N)=O)c1. The quantitative estimate of drug-likeness (QED) is 0.593. The van der Waals surface area contributed by atoms with E-state index >= 15 is 0 Å². The second kappa shape index (κ2) is 4.17. The van der Waals surface area contributed by atoms with E-state index in [4.69, 9.17) is 5.73 Å². The van der Waals surface area contributed by atoms with E-state index in [0.29, 0.717) is 0 Å². The first kappa shape index (κ1) is 10.6. The Kier molecular flexibility index (Phi) is 3.16. The summed E-state index contributed by atoms with van der Waals surface area (Å²) < 4.78 is 0. The molecular weight excluding hydrogens is 184 g/mol. The first-order chi connectivity index (χ1) is 6.52. The van der Waals surface area contributed by atoms with Gasteiger partial charge in [-0.25, -0.2) is 0 Å². The molecule has 2 atom stereocenters. The number of nitrogens with zero attached hydrogens (tertiary/aromatic N) is 1. The molecule has 1 aromatic rings. The minimum absolute atomic E-state index is 0.233. The lowest BCUT2D eigenvalue weighted by atomic mass is 10.1. The van der Waals surface area contributed by atoms with E-state index < -0.39 is 18.1 Å². The van der Waals surface area contributed by atoms with Gasteiger partial charge in [0.15, 0.2) is 6.10 Å². The van der Waals surface area contributed by atoms with Crippen LogP contribution >= 0.6 is 0 Å². The third kappa shape index (κ3) is 2.27. The van der Waals surface area contributed by atoms with Crippen molar-refractivity contribution in [2.45, 2.75) is 19.1 Å². The number of amides is 1. The van der Waals surface area contributed by atoms with Crippen molar-refractivity contribution in [3.05, 3.63) is 29.6 Å².